The lowest BCUT2D eigenvalue weighted by Gasteiger charge is -2.27. The minimum Gasteiger partial charge on any atom is -0.496 e. The van der Waals surface area contributed by atoms with Gasteiger partial charge in [0.25, 0.3) is 0 Å². The summed E-state index contributed by atoms with van der Waals surface area (Å²) in [4.78, 5) is 17.5. The summed E-state index contributed by atoms with van der Waals surface area (Å²) in [5.74, 6) is 0.486. The summed E-state index contributed by atoms with van der Waals surface area (Å²) < 4.78 is 17.4. The molecule has 8 heteroatoms. The molecule has 0 saturated heterocycles. The third kappa shape index (κ3) is 4.74. The highest BCUT2D eigenvalue weighted by Gasteiger charge is 2.54. The average Bonchev–Trinajstić information content (AvgIpc) is 3.29. The second-order valence-electron chi connectivity index (χ2n) is 9.18. The van der Waals surface area contributed by atoms with Crippen molar-refractivity contribution in [1.29, 1.82) is 0 Å². The predicted molar refractivity (Wildman–Crippen MR) is 125 cm³/mol. The zero-order valence-corrected chi connectivity index (χ0v) is 20.5. The number of ether oxygens (including phenoxy) is 3. The van der Waals surface area contributed by atoms with Crippen LogP contribution < -0.4 is 9.47 Å². The number of rotatable bonds is 10. The van der Waals surface area contributed by atoms with E-state index in [9.17, 15) is 15.0 Å². The zero-order valence-electron chi connectivity index (χ0n) is 19.7. The van der Waals surface area contributed by atoms with E-state index in [1.807, 2.05) is 26.0 Å². The van der Waals surface area contributed by atoms with Crippen molar-refractivity contribution < 1.29 is 29.2 Å². The van der Waals surface area contributed by atoms with Crippen molar-refractivity contribution >= 4 is 17.3 Å². The van der Waals surface area contributed by atoms with Gasteiger partial charge in [0.15, 0.2) is 0 Å². The molecular weight excluding hydrogens is 442 g/mol. The van der Waals surface area contributed by atoms with E-state index in [1.54, 1.807) is 14.2 Å². The molecule has 2 aliphatic carbocycles. The molecule has 2 saturated carbocycles. The van der Waals surface area contributed by atoms with Crippen molar-refractivity contribution in [3.8, 4) is 11.5 Å². The van der Waals surface area contributed by atoms with Crippen LogP contribution in [0, 0.1) is 13.8 Å². The Bertz CT molecular complexity index is 983. The summed E-state index contributed by atoms with van der Waals surface area (Å²) in [6, 6.07) is 3.66. The van der Waals surface area contributed by atoms with Gasteiger partial charge in [0, 0.05) is 16.9 Å². The maximum Gasteiger partial charge on any atom is 0.315 e. The molecule has 0 amide bonds. The molecule has 0 bridgehead atoms. The van der Waals surface area contributed by atoms with Crippen molar-refractivity contribution in [3.63, 3.8) is 0 Å². The van der Waals surface area contributed by atoms with Crippen molar-refractivity contribution in [1.82, 2.24) is 4.98 Å². The van der Waals surface area contributed by atoms with Gasteiger partial charge in [0.05, 0.1) is 37.1 Å². The number of aliphatic hydroxyl groups is 1. The van der Waals surface area contributed by atoms with Crippen molar-refractivity contribution in [3.05, 3.63) is 38.8 Å². The molecule has 4 rings (SSSR count). The Kier molecular flexibility index (Phi) is 6.98. The number of benzene rings is 1. The molecule has 1 heterocycles. The van der Waals surface area contributed by atoms with Gasteiger partial charge in [-0.3, -0.25) is 4.79 Å². The number of hydrogen-bond acceptors (Lipinski definition) is 7. The van der Waals surface area contributed by atoms with Gasteiger partial charge < -0.3 is 24.4 Å². The fourth-order valence-electron chi connectivity index (χ4n) is 4.83. The lowest BCUT2D eigenvalue weighted by Crippen LogP contribution is -2.29. The van der Waals surface area contributed by atoms with Crippen LogP contribution in [0.3, 0.4) is 0 Å². The first-order valence-electron chi connectivity index (χ1n) is 11.5. The van der Waals surface area contributed by atoms with Crippen LogP contribution in [0.4, 0.5) is 0 Å². The number of aliphatic carboxylic acids is 1. The average molecular weight is 476 g/mol. The van der Waals surface area contributed by atoms with Crippen LogP contribution in [0.2, 0.25) is 0 Å². The molecular formula is C25H33NO6S. The summed E-state index contributed by atoms with van der Waals surface area (Å²) in [7, 11) is 3.20. The van der Waals surface area contributed by atoms with Crippen molar-refractivity contribution in [2.45, 2.75) is 82.5 Å². The quantitative estimate of drug-likeness (QED) is 0.522. The fourth-order valence-corrected chi connectivity index (χ4v) is 5.90. The summed E-state index contributed by atoms with van der Waals surface area (Å²) in [5.41, 5.74) is 1.36. The van der Waals surface area contributed by atoms with Crippen LogP contribution in [0.5, 0.6) is 11.5 Å². The molecule has 2 aromatic rings. The molecule has 2 fully saturated rings. The minimum atomic E-state index is -0.906. The standard InChI is InChI=1S/C25H33NO6S/c1-14-18(30-3)11-16(12-19(14)31-4)22(27)20(32-17-7-5-6-8-17)13-21-26-23(15(2)33-21)25(9-10-25)24(28)29/h11-12,17,20,22,27H,5-10,13H2,1-4H3,(H,28,29). The van der Waals surface area contributed by atoms with Gasteiger partial charge in [-0.2, -0.15) is 0 Å². The smallest absolute Gasteiger partial charge is 0.315 e. The number of aliphatic hydroxyl groups excluding tert-OH is 1. The Balaban J connectivity index is 1.63. The molecule has 1 aromatic heterocycles. The lowest BCUT2D eigenvalue weighted by molar-refractivity contribution is -0.140. The van der Waals surface area contributed by atoms with E-state index in [1.165, 1.54) is 11.3 Å². The molecule has 0 aliphatic heterocycles. The van der Waals surface area contributed by atoms with Crippen LogP contribution in [-0.4, -0.2) is 47.6 Å². The molecule has 0 radical (unpaired) electrons. The van der Waals surface area contributed by atoms with Gasteiger partial charge in [-0.15, -0.1) is 11.3 Å². The number of carbonyl (C=O) groups is 1. The largest absolute Gasteiger partial charge is 0.496 e. The van der Waals surface area contributed by atoms with Crippen LogP contribution in [0.15, 0.2) is 12.1 Å². The van der Waals surface area contributed by atoms with E-state index < -0.39 is 23.6 Å². The molecule has 2 atom stereocenters. The second-order valence-corrected chi connectivity index (χ2v) is 10.5. The number of carboxylic acids is 1. The lowest BCUT2D eigenvalue weighted by atomic mass is 9.99. The highest BCUT2D eigenvalue weighted by molar-refractivity contribution is 7.11. The van der Waals surface area contributed by atoms with Crippen molar-refractivity contribution in [2.75, 3.05) is 14.2 Å². The number of thiazole rings is 1. The van der Waals surface area contributed by atoms with Gasteiger partial charge in [0.2, 0.25) is 0 Å². The Hall–Kier alpha value is -2.16. The second kappa shape index (κ2) is 9.60. The first kappa shape index (κ1) is 24.0. The predicted octanol–water partition coefficient (Wildman–Crippen LogP) is 4.50. The minimum absolute atomic E-state index is 0.105. The van der Waals surface area contributed by atoms with Gasteiger partial charge in [-0.25, -0.2) is 4.98 Å². The summed E-state index contributed by atoms with van der Waals surface area (Å²) in [5, 5.41) is 21.9. The maximum absolute atomic E-state index is 11.8. The first-order chi connectivity index (χ1) is 15.8. The third-order valence-corrected chi connectivity index (χ3v) is 7.96. The molecule has 7 nitrogen and oxygen atoms in total. The van der Waals surface area contributed by atoms with Gasteiger partial charge in [-0.05, 0) is 57.2 Å². The number of carboxylic acid groups (broad SMARTS) is 1. The molecule has 180 valence electrons. The van der Waals surface area contributed by atoms with Crippen LogP contribution in [-0.2, 0) is 21.4 Å². The summed E-state index contributed by atoms with van der Waals surface area (Å²) >= 11 is 1.50. The fraction of sp³-hybridized carbons (Fsp3) is 0.600. The van der Waals surface area contributed by atoms with E-state index in [-0.39, 0.29) is 6.10 Å². The zero-order chi connectivity index (χ0) is 23.8. The number of hydrogen-bond donors (Lipinski definition) is 2. The van der Waals surface area contributed by atoms with E-state index in [2.05, 4.69) is 0 Å². The van der Waals surface area contributed by atoms with Crippen LogP contribution >= 0.6 is 11.3 Å². The number of aryl methyl sites for hydroxylation is 1. The van der Waals surface area contributed by atoms with E-state index in [0.29, 0.717) is 42.0 Å². The van der Waals surface area contributed by atoms with Crippen LogP contribution in [0.25, 0.3) is 0 Å². The number of nitrogens with zero attached hydrogens (tertiary/aromatic N) is 1. The Labute approximate surface area is 198 Å². The normalized spacial score (nSPS) is 19.3. The monoisotopic (exact) mass is 475 g/mol. The van der Waals surface area contributed by atoms with Gasteiger partial charge in [-0.1, -0.05) is 12.8 Å². The Morgan fingerprint density at radius 1 is 1.18 bits per heavy atom. The summed E-state index contributed by atoms with van der Waals surface area (Å²) in [6.07, 6.45) is 4.56. The Morgan fingerprint density at radius 3 is 2.30 bits per heavy atom. The molecule has 33 heavy (non-hydrogen) atoms. The Morgan fingerprint density at radius 2 is 1.79 bits per heavy atom. The first-order valence-corrected chi connectivity index (χ1v) is 12.4. The highest BCUT2D eigenvalue weighted by Crippen LogP contribution is 2.50. The molecule has 2 aliphatic rings. The number of methoxy groups -OCH3 is 2. The van der Waals surface area contributed by atoms with Crippen LogP contribution in [0.1, 0.15) is 71.3 Å². The van der Waals surface area contributed by atoms with E-state index >= 15 is 0 Å². The topological polar surface area (TPSA) is 98.1 Å². The maximum atomic E-state index is 11.8. The number of aromatic nitrogens is 1. The molecule has 2 N–H and O–H groups in total. The molecule has 2 unspecified atom stereocenters. The van der Waals surface area contributed by atoms with Crippen molar-refractivity contribution in [2.24, 2.45) is 0 Å². The van der Waals surface area contributed by atoms with Gasteiger partial charge >= 0.3 is 5.97 Å². The van der Waals surface area contributed by atoms with E-state index in [4.69, 9.17) is 19.2 Å². The highest BCUT2D eigenvalue weighted by atomic mass is 32.1. The van der Waals surface area contributed by atoms with E-state index in [0.717, 1.165) is 41.1 Å². The van der Waals surface area contributed by atoms with Gasteiger partial charge in [0.1, 0.15) is 23.0 Å². The molecule has 1 aromatic carbocycles. The third-order valence-electron chi connectivity index (χ3n) is 6.97. The SMILES string of the molecule is COc1cc(C(O)C(Cc2nc(C3(C(=O)O)CC3)c(C)s2)OC2CCCC2)cc(OC)c1C. The summed E-state index contributed by atoms with van der Waals surface area (Å²) in [6.45, 7) is 3.84. The molecule has 0 spiro atoms.